The van der Waals surface area contributed by atoms with Gasteiger partial charge in [0.25, 0.3) is 5.91 Å². The van der Waals surface area contributed by atoms with Crippen LogP contribution in [0.4, 0.5) is 11.4 Å². The van der Waals surface area contributed by atoms with Crippen molar-refractivity contribution in [1.82, 2.24) is 0 Å². The van der Waals surface area contributed by atoms with Crippen molar-refractivity contribution >= 4 is 52.4 Å². The van der Waals surface area contributed by atoms with Crippen LogP contribution in [-0.2, 0) is 20.7 Å². The van der Waals surface area contributed by atoms with Crippen molar-refractivity contribution in [3.63, 3.8) is 0 Å². The molecule has 1 unspecified atom stereocenters. The Morgan fingerprint density at radius 2 is 1.55 bits per heavy atom. The molecule has 0 saturated heterocycles. The number of amides is 2. The molecule has 3 aromatic rings. The molecule has 0 saturated carbocycles. The van der Waals surface area contributed by atoms with Gasteiger partial charge in [0, 0.05) is 24.7 Å². The summed E-state index contributed by atoms with van der Waals surface area (Å²) in [7, 11) is 3.22. The minimum Gasteiger partial charge on any atom is -0.495 e. The van der Waals surface area contributed by atoms with E-state index in [-0.39, 0.29) is 45.9 Å². The fourth-order valence-electron chi connectivity index (χ4n) is 4.85. The highest BCUT2D eigenvalue weighted by Crippen LogP contribution is 2.36. The zero-order valence-corrected chi connectivity index (χ0v) is 28.3. The number of nitrogens with zero attached hydrogens (tertiary/aromatic N) is 2. The molecule has 0 aliphatic rings. The molecule has 0 aliphatic heterocycles. The van der Waals surface area contributed by atoms with Gasteiger partial charge in [0.15, 0.2) is 0 Å². The molecule has 0 spiro atoms. The number of ether oxygens (including phenoxy) is 2. The van der Waals surface area contributed by atoms with Crippen molar-refractivity contribution in [2.24, 2.45) is 11.3 Å². The molecule has 0 radical (unpaired) electrons. The largest absolute Gasteiger partial charge is 0.495 e. The fraction of sp³-hybridized carbons (Fsp3) is 0.400. The Morgan fingerprint density at radius 1 is 0.932 bits per heavy atom. The number of hydrogen-bond donors (Lipinski definition) is 0. The molecule has 0 fully saturated rings. The van der Waals surface area contributed by atoms with Gasteiger partial charge in [-0.1, -0.05) is 82.1 Å². The van der Waals surface area contributed by atoms with E-state index in [9.17, 15) is 14.4 Å². The van der Waals surface area contributed by atoms with Gasteiger partial charge in [-0.2, -0.15) is 0 Å². The molecule has 0 N–H and O–H groups in total. The molecule has 7 nitrogen and oxygen atoms in total. The third kappa shape index (κ3) is 8.33. The molecule has 0 aromatic heterocycles. The highest BCUT2D eigenvalue weighted by Gasteiger charge is 2.32. The second-order valence-electron chi connectivity index (χ2n) is 12.1. The summed E-state index contributed by atoms with van der Waals surface area (Å²) in [6.07, 6.45) is 0.344. The van der Waals surface area contributed by atoms with Crippen LogP contribution in [-0.4, -0.2) is 45.1 Å². The first kappa shape index (κ1) is 34.9. The molecule has 44 heavy (non-hydrogen) atoms. The number of benzene rings is 3. The van der Waals surface area contributed by atoms with Gasteiger partial charge in [-0.3, -0.25) is 14.4 Å². The molecule has 236 valence electrons. The number of carbonyl (C=O) groups is 3. The third-order valence-electron chi connectivity index (χ3n) is 7.15. The average Bonchev–Trinajstić information content (AvgIpc) is 2.97. The lowest BCUT2D eigenvalue weighted by atomic mass is 9.90. The van der Waals surface area contributed by atoms with Crippen LogP contribution >= 0.6 is 23.2 Å². The second-order valence-corrected chi connectivity index (χ2v) is 12.9. The van der Waals surface area contributed by atoms with Crippen molar-refractivity contribution in [1.29, 1.82) is 0 Å². The summed E-state index contributed by atoms with van der Waals surface area (Å²) in [6, 6.07) is 17.8. The fourth-order valence-corrected chi connectivity index (χ4v) is 5.41. The van der Waals surface area contributed by atoms with Gasteiger partial charge < -0.3 is 19.3 Å². The number of anilines is 2. The van der Waals surface area contributed by atoms with E-state index >= 15 is 0 Å². The molecule has 3 aromatic carbocycles. The van der Waals surface area contributed by atoms with Crippen LogP contribution in [0.3, 0.4) is 0 Å². The summed E-state index contributed by atoms with van der Waals surface area (Å²) in [5, 5.41) is 0.552. The number of halogens is 2. The predicted octanol–water partition coefficient (Wildman–Crippen LogP) is 8.20. The number of carbonyl (C=O) groups excluding carboxylic acids is 3. The molecular weight excluding hydrogens is 599 g/mol. The molecular formula is C35H42Cl2N2O5. The quantitative estimate of drug-likeness (QED) is 0.197. The zero-order chi connectivity index (χ0) is 32.8. The van der Waals surface area contributed by atoms with Crippen LogP contribution in [0, 0.1) is 11.3 Å². The molecule has 9 heteroatoms. The molecule has 1 atom stereocenters. The zero-order valence-electron chi connectivity index (χ0n) is 26.7. The Labute approximate surface area is 271 Å². The number of methoxy groups -OCH3 is 1. The van der Waals surface area contributed by atoms with E-state index in [1.807, 2.05) is 57.2 Å². The van der Waals surface area contributed by atoms with Gasteiger partial charge >= 0.3 is 5.97 Å². The monoisotopic (exact) mass is 640 g/mol. The SMILES string of the molecule is CCOC(=O)C(Cc1ccc(N(C)C(=O)c2c(Cl)cccc2Cl)cc1)c1ccc(OC)c(N(CC(C)C)C(=O)C(C)(C)C)c1. The summed E-state index contributed by atoms with van der Waals surface area (Å²) in [4.78, 5) is 43.3. The molecule has 2 amide bonds. The van der Waals surface area contributed by atoms with Crippen LogP contribution < -0.4 is 14.5 Å². The minimum atomic E-state index is -0.641. The summed E-state index contributed by atoms with van der Waals surface area (Å²) >= 11 is 12.5. The van der Waals surface area contributed by atoms with Crippen LogP contribution in [0.15, 0.2) is 60.7 Å². The number of rotatable bonds is 11. The van der Waals surface area contributed by atoms with Gasteiger partial charge in [0.05, 0.1) is 40.9 Å². The van der Waals surface area contributed by atoms with E-state index < -0.39 is 11.3 Å². The van der Waals surface area contributed by atoms with E-state index in [2.05, 4.69) is 13.8 Å². The predicted molar refractivity (Wildman–Crippen MR) is 178 cm³/mol. The lowest BCUT2D eigenvalue weighted by Gasteiger charge is -2.32. The second kappa shape index (κ2) is 15.0. The van der Waals surface area contributed by atoms with Crippen LogP contribution in [0.2, 0.25) is 10.0 Å². The van der Waals surface area contributed by atoms with Crippen LogP contribution in [0.1, 0.15) is 68.9 Å². The Hall–Kier alpha value is -3.55. The van der Waals surface area contributed by atoms with Gasteiger partial charge in [-0.25, -0.2) is 0 Å². The summed E-state index contributed by atoms with van der Waals surface area (Å²) in [5.41, 5.74) is 2.44. The molecule has 3 rings (SSSR count). The first-order valence-electron chi connectivity index (χ1n) is 14.7. The van der Waals surface area contributed by atoms with Gasteiger partial charge in [0.2, 0.25) is 5.91 Å². The Kier molecular flexibility index (Phi) is 11.9. The normalized spacial score (nSPS) is 12.1. The molecule has 0 heterocycles. The number of esters is 1. The summed E-state index contributed by atoms with van der Waals surface area (Å²) < 4.78 is 11.2. The van der Waals surface area contributed by atoms with E-state index in [4.69, 9.17) is 32.7 Å². The lowest BCUT2D eigenvalue weighted by molar-refractivity contribution is -0.145. The Bertz CT molecular complexity index is 1460. The smallest absolute Gasteiger partial charge is 0.313 e. The van der Waals surface area contributed by atoms with Crippen LogP contribution in [0.5, 0.6) is 5.75 Å². The first-order chi connectivity index (χ1) is 20.7. The van der Waals surface area contributed by atoms with Crippen molar-refractivity contribution in [3.05, 3.63) is 87.4 Å². The highest BCUT2D eigenvalue weighted by molar-refractivity contribution is 6.40. The Morgan fingerprint density at radius 3 is 2.07 bits per heavy atom. The minimum absolute atomic E-state index is 0.0401. The maximum absolute atomic E-state index is 13.6. The van der Waals surface area contributed by atoms with E-state index in [0.717, 1.165) is 5.56 Å². The van der Waals surface area contributed by atoms with Gasteiger partial charge in [0.1, 0.15) is 5.75 Å². The van der Waals surface area contributed by atoms with Crippen molar-refractivity contribution in [2.75, 3.05) is 37.1 Å². The molecule has 0 bridgehead atoms. The third-order valence-corrected chi connectivity index (χ3v) is 7.78. The van der Waals surface area contributed by atoms with E-state index in [1.165, 1.54) is 4.90 Å². The van der Waals surface area contributed by atoms with Gasteiger partial charge in [-0.05, 0) is 66.8 Å². The lowest BCUT2D eigenvalue weighted by Crippen LogP contribution is -2.42. The maximum atomic E-state index is 13.6. The standard InChI is InChI=1S/C35H42Cl2N2O5/c1-9-44-33(41)26(24-15-18-30(43-8)29(20-24)39(21-22(2)3)34(42)35(4,5)6)19-23-13-16-25(17-14-23)38(7)32(40)31-27(36)11-10-12-28(31)37/h10-18,20,22,26H,9,19,21H2,1-8H3. The van der Waals surface area contributed by atoms with Crippen molar-refractivity contribution in [3.8, 4) is 5.75 Å². The summed E-state index contributed by atoms with van der Waals surface area (Å²) in [6.45, 7) is 12.3. The summed E-state index contributed by atoms with van der Waals surface area (Å²) in [5.74, 6) is -0.637. The van der Waals surface area contributed by atoms with Crippen molar-refractivity contribution < 1.29 is 23.9 Å². The maximum Gasteiger partial charge on any atom is 0.313 e. The average molecular weight is 642 g/mol. The van der Waals surface area contributed by atoms with Crippen molar-refractivity contribution in [2.45, 2.75) is 53.9 Å². The van der Waals surface area contributed by atoms with Crippen LogP contribution in [0.25, 0.3) is 0 Å². The van der Waals surface area contributed by atoms with E-state index in [0.29, 0.717) is 35.7 Å². The Balaban J connectivity index is 1.98. The topological polar surface area (TPSA) is 76.2 Å². The van der Waals surface area contributed by atoms with Gasteiger partial charge in [-0.15, -0.1) is 0 Å². The molecule has 0 aliphatic carbocycles. The van der Waals surface area contributed by atoms with E-state index in [1.54, 1.807) is 50.2 Å². The first-order valence-corrected chi connectivity index (χ1v) is 15.4. The highest BCUT2D eigenvalue weighted by atomic mass is 35.5. The number of hydrogen-bond acceptors (Lipinski definition) is 5.